The summed E-state index contributed by atoms with van der Waals surface area (Å²) in [6, 6.07) is 4.33. The van der Waals surface area contributed by atoms with Gasteiger partial charge in [0.15, 0.2) is 0 Å². The summed E-state index contributed by atoms with van der Waals surface area (Å²) < 4.78 is 1.08. The van der Waals surface area contributed by atoms with E-state index in [4.69, 9.17) is 0 Å². The molecule has 2 aromatic rings. The fourth-order valence-corrected chi connectivity index (χ4v) is 3.39. The van der Waals surface area contributed by atoms with E-state index in [9.17, 15) is 14.7 Å². The van der Waals surface area contributed by atoms with Crippen LogP contribution in [0.15, 0.2) is 37.9 Å². The van der Waals surface area contributed by atoms with Crippen molar-refractivity contribution in [2.24, 2.45) is 0 Å². The predicted octanol–water partition coefficient (Wildman–Crippen LogP) is 4.62. The third-order valence-electron chi connectivity index (χ3n) is 2.30. The van der Waals surface area contributed by atoms with Crippen LogP contribution in [-0.2, 0) is 0 Å². The van der Waals surface area contributed by atoms with E-state index in [0.29, 0.717) is 14.6 Å². The number of thiophene rings is 1. The normalized spacial score (nSPS) is 10.1. The van der Waals surface area contributed by atoms with Gasteiger partial charge in [-0.25, -0.2) is 9.59 Å². The Labute approximate surface area is 135 Å². The van der Waals surface area contributed by atoms with Crippen molar-refractivity contribution in [3.8, 4) is 0 Å². The lowest BCUT2D eigenvalue weighted by atomic mass is 10.2. The van der Waals surface area contributed by atoms with Crippen molar-refractivity contribution < 1.29 is 14.7 Å². The standard InChI is InChI=1S/C12H8Br2N2O3S/c13-6-3-8(11(17)18)10(9(14)4-6)16-12(19)15-7-1-2-20-5-7/h1-5H,(H,17,18)(H2,15,16,19). The topological polar surface area (TPSA) is 78.4 Å². The molecule has 20 heavy (non-hydrogen) atoms. The number of amides is 2. The number of benzene rings is 1. The van der Waals surface area contributed by atoms with Gasteiger partial charge in [0, 0.05) is 14.3 Å². The molecule has 2 amide bonds. The molecule has 3 N–H and O–H groups in total. The number of aromatic carboxylic acids is 1. The number of urea groups is 1. The van der Waals surface area contributed by atoms with Gasteiger partial charge >= 0.3 is 12.0 Å². The van der Waals surface area contributed by atoms with Crippen LogP contribution in [0.2, 0.25) is 0 Å². The van der Waals surface area contributed by atoms with Crippen LogP contribution in [0.4, 0.5) is 16.2 Å². The van der Waals surface area contributed by atoms with Crippen molar-refractivity contribution in [3.63, 3.8) is 0 Å². The van der Waals surface area contributed by atoms with Gasteiger partial charge in [0.05, 0.1) is 16.9 Å². The number of carbonyl (C=O) groups is 2. The number of carboxylic acids is 1. The molecule has 1 aromatic carbocycles. The Bertz CT molecular complexity index is 659. The maximum Gasteiger partial charge on any atom is 0.337 e. The average molecular weight is 420 g/mol. The highest BCUT2D eigenvalue weighted by atomic mass is 79.9. The lowest BCUT2D eigenvalue weighted by Gasteiger charge is -2.11. The molecule has 0 aliphatic carbocycles. The number of halogens is 2. The van der Waals surface area contributed by atoms with E-state index in [0.717, 1.165) is 0 Å². The van der Waals surface area contributed by atoms with E-state index in [1.807, 2.05) is 5.38 Å². The van der Waals surface area contributed by atoms with Crippen molar-refractivity contribution in [1.29, 1.82) is 0 Å². The van der Waals surface area contributed by atoms with E-state index in [-0.39, 0.29) is 11.3 Å². The van der Waals surface area contributed by atoms with Gasteiger partial charge in [-0.15, -0.1) is 0 Å². The van der Waals surface area contributed by atoms with Gasteiger partial charge < -0.3 is 15.7 Å². The molecule has 0 atom stereocenters. The van der Waals surface area contributed by atoms with Crippen molar-refractivity contribution in [2.75, 3.05) is 10.6 Å². The zero-order valence-corrected chi connectivity index (χ0v) is 13.8. The molecule has 0 aliphatic rings. The summed E-state index contributed by atoms with van der Waals surface area (Å²) >= 11 is 7.90. The minimum atomic E-state index is -1.13. The van der Waals surface area contributed by atoms with Gasteiger partial charge in [-0.05, 0) is 39.5 Å². The lowest BCUT2D eigenvalue weighted by Crippen LogP contribution is -2.21. The summed E-state index contributed by atoms with van der Waals surface area (Å²) in [6.45, 7) is 0. The molecule has 2 rings (SSSR count). The molecule has 104 valence electrons. The number of rotatable bonds is 3. The van der Waals surface area contributed by atoms with E-state index >= 15 is 0 Å². The first-order valence-corrected chi connectivity index (χ1v) is 7.83. The summed E-state index contributed by atoms with van der Waals surface area (Å²) in [5, 5.41) is 17.9. The number of hydrogen-bond donors (Lipinski definition) is 3. The molecule has 0 bridgehead atoms. The van der Waals surface area contributed by atoms with Gasteiger partial charge in [0.25, 0.3) is 0 Å². The number of carbonyl (C=O) groups excluding carboxylic acids is 1. The fourth-order valence-electron chi connectivity index (χ4n) is 1.48. The summed E-state index contributed by atoms with van der Waals surface area (Å²) in [5.74, 6) is -1.13. The molecule has 1 heterocycles. The van der Waals surface area contributed by atoms with Crippen molar-refractivity contribution in [1.82, 2.24) is 0 Å². The Balaban J connectivity index is 2.24. The molecule has 5 nitrogen and oxygen atoms in total. The van der Waals surface area contributed by atoms with E-state index in [1.54, 1.807) is 17.5 Å². The molecule has 8 heteroatoms. The Morgan fingerprint density at radius 2 is 1.95 bits per heavy atom. The quantitative estimate of drug-likeness (QED) is 0.679. The molecule has 1 aromatic heterocycles. The summed E-state index contributed by atoms with van der Waals surface area (Å²) in [5.41, 5.74) is 0.845. The number of nitrogens with one attached hydrogen (secondary N) is 2. The third kappa shape index (κ3) is 3.59. The maximum absolute atomic E-state index is 11.8. The molecule has 0 saturated carbocycles. The van der Waals surface area contributed by atoms with Crippen LogP contribution in [0, 0.1) is 0 Å². The van der Waals surface area contributed by atoms with Crippen LogP contribution < -0.4 is 10.6 Å². The fraction of sp³-hybridized carbons (Fsp3) is 0. The molecule has 0 spiro atoms. The van der Waals surface area contributed by atoms with Crippen LogP contribution in [0.5, 0.6) is 0 Å². The summed E-state index contributed by atoms with van der Waals surface area (Å²) in [6.07, 6.45) is 0. The largest absolute Gasteiger partial charge is 0.478 e. The predicted molar refractivity (Wildman–Crippen MR) is 85.8 cm³/mol. The van der Waals surface area contributed by atoms with Crippen LogP contribution in [0.1, 0.15) is 10.4 Å². The lowest BCUT2D eigenvalue weighted by molar-refractivity contribution is 0.0698. The first-order valence-electron chi connectivity index (χ1n) is 5.30. The molecule has 0 fully saturated rings. The second-order valence-corrected chi connectivity index (χ2v) is 6.26. The Morgan fingerprint density at radius 1 is 1.20 bits per heavy atom. The van der Waals surface area contributed by atoms with Gasteiger partial charge in [-0.1, -0.05) is 15.9 Å². The third-order valence-corrected chi connectivity index (χ3v) is 4.07. The van der Waals surface area contributed by atoms with Crippen molar-refractivity contribution in [3.05, 3.63) is 43.5 Å². The average Bonchev–Trinajstić information content (AvgIpc) is 2.84. The molecular formula is C12H8Br2N2O3S. The highest BCUT2D eigenvalue weighted by Crippen LogP contribution is 2.31. The van der Waals surface area contributed by atoms with E-state index in [1.165, 1.54) is 17.4 Å². The molecule has 0 aliphatic heterocycles. The smallest absolute Gasteiger partial charge is 0.337 e. The minimum Gasteiger partial charge on any atom is -0.478 e. The SMILES string of the molecule is O=C(Nc1ccsc1)Nc1c(Br)cc(Br)cc1C(=O)O. The van der Waals surface area contributed by atoms with E-state index < -0.39 is 12.0 Å². The van der Waals surface area contributed by atoms with Crippen LogP contribution in [0.25, 0.3) is 0 Å². The van der Waals surface area contributed by atoms with Crippen LogP contribution in [0.3, 0.4) is 0 Å². The van der Waals surface area contributed by atoms with Crippen LogP contribution >= 0.6 is 43.2 Å². The summed E-state index contributed by atoms with van der Waals surface area (Å²) in [7, 11) is 0. The number of anilines is 2. The highest BCUT2D eigenvalue weighted by Gasteiger charge is 2.17. The Hall–Kier alpha value is -1.38. The van der Waals surface area contributed by atoms with Crippen LogP contribution in [-0.4, -0.2) is 17.1 Å². The van der Waals surface area contributed by atoms with Crippen molar-refractivity contribution in [2.45, 2.75) is 0 Å². The second kappa shape index (κ2) is 6.38. The highest BCUT2D eigenvalue weighted by molar-refractivity contribution is 9.11. The van der Waals surface area contributed by atoms with Crippen molar-refractivity contribution >= 4 is 66.6 Å². The van der Waals surface area contributed by atoms with E-state index in [2.05, 4.69) is 42.5 Å². The molecular weight excluding hydrogens is 412 g/mol. The molecule has 0 unspecified atom stereocenters. The van der Waals surface area contributed by atoms with Gasteiger partial charge in [0.1, 0.15) is 0 Å². The Kier molecular flexibility index (Phi) is 4.79. The first-order chi connectivity index (χ1) is 9.47. The monoisotopic (exact) mass is 418 g/mol. The minimum absolute atomic E-state index is 0.00767. The van der Waals surface area contributed by atoms with Gasteiger partial charge in [-0.2, -0.15) is 11.3 Å². The Morgan fingerprint density at radius 3 is 2.55 bits per heavy atom. The number of hydrogen-bond acceptors (Lipinski definition) is 3. The second-order valence-electron chi connectivity index (χ2n) is 3.71. The van der Waals surface area contributed by atoms with Gasteiger partial charge in [0.2, 0.25) is 0 Å². The molecule has 0 radical (unpaired) electrons. The number of carboxylic acid groups (broad SMARTS) is 1. The first kappa shape index (κ1) is 15.0. The summed E-state index contributed by atoms with van der Waals surface area (Å²) in [4.78, 5) is 23.1. The zero-order valence-electron chi connectivity index (χ0n) is 9.81. The van der Waals surface area contributed by atoms with Gasteiger partial charge in [-0.3, -0.25) is 0 Å². The zero-order chi connectivity index (χ0) is 14.7. The maximum atomic E-state index is 11.8. The molecule has 0 saturated heterocycles.